The van der Waals surface area contributed by atoms with Crippen LogP contribution in [0, 0.1) is 0 Å². The molecular weight excluding hydrogens is 413 g/mol. The molecule has 1 unspecified atom stereocenters. The quantitative estimate of drug-likeness (QED) is 0.527. The van der Waals surface area contributed by atoms with E-state index in [0.717, 1.165) is 16.9 Å². The maximum absolute atomic E-state index is 14.2. The number of nitrogens with one attached hydrogen (secondary N) is 1. The topological polar surface area (TPSA) is 105 Å². The molecule has 9 nitrogen and oxygen atoms in total. The maximum atomic E-state index is 14.2. The SMILES string of the molecule is CC(C)(F)c1nnc(C(=O)N2CCc3[nH]cnc3C2c2cc3c(C4CC4)cccn3n2)o1. The van der Waals surface area contributed by atoms with Crippen LogP contribution < -0.4 is 0 Å². The average molecular weight is 435 g/mol. The maximum Gasteiger partial charge on any atom is 0.312 e. The van der Waals surface area contributed by atoms with Crippen molar-refractivity contribution in [2.45, 2.75) is 50.7 Å². The standard InChI is InChI=1S/C22H22FN7O2/c1-22(2,23)21-27-26-19(32-21)20(31)29-9-7-14-17(25-11-24-14)18(29)15-10-16-13(12-5-6-12)4-3-8-30(16)28-15/h3-4,8,10-12,18H,5-7,9H2,1-2H3,(H,24,25). The fraction of sp³-hybridized carbons (Fsp3) is 0.409. The van der Waals surface area contributed by atoms with Gasteiger partial charge in [0, 0.05) is 24.9 Å². The highest BCUT2D eigenvalue weighted by molar-refractivity contribution is 5.90. The lowest BCUT2D eigenvalue weighted by Crippen LogP contribution is -2.41. The summed E-state index contributed by atoms with van der Waals surface area (Å²) in [6.07, 6.45) is 6.52. The highest BCUT2D eigenvalue weighted by Crippen LogP contribution is 2.43. The summed E-state index contributed by atoms with van der Waals surface area (Å²) in [6, 6.07) is 5.66. The molecule has 1 atom stereocenters. The number of aromatic amines is 1. The molecular formula is C22H22FN7O2. The van der Waals surface area contributed by atoms with Gasteiger partial charge in [-0.1, -0.05) is 6.07 Å². The Morgan fingerprint density at radius 1 is 1.31 bits per heavy atom. The lowest BCUT2D eigenvalue weighted by Gasteiger charge is -2.32. The molecule has 1 N–H and O–H groups in total. The minimum atomic E-state index is -1.83. The Morgan fingerprint density at radius 2 is 2.16 bits per heavy atom. The average Bonchev–Trinajstić information content (AvgIpc) is 3.18. The first kappa shape index (κ1) is 19.1. The van der Waals surface area contributed by atoms with Crippen LogP contribution in [0.3, 0.4) is 0 Å². The van der Waals surface area contributed by atoms with E-state index < -0.39 is 17.6 Å². The number of fused-ring (bicyclic) bond motifs is 2. The van der Waals surface area contributed by atoms with E-state index in [4.69, 9.17) is 9.52 Å². The lowest BCUT2D eigenvalue weighted by atomic mass is 9.99. The number of hydrogen-bond donors (Lipinski definition) is 1. The molecule has 32 heavy (non-hydrogen) atoms. The lowest BCUT2D eigenvalue weighted by molar-refractivity contribution is 0.0636. The number of carbonyl (C=O) groups excluding carboxylic acids is 1. The molecule has 1 saturated carbocycles. The molecule has 0 saturated heterocycles. The summed E-state index contributed by atoms with van der Waals surface area (Å²) in [5.74, 6) is -0.367. The molecule has 0 spiro atoms. The van der Waals surface area contributed by atoms with Crippen molar-refractivity contribution in [1.82, 2.24) is 34.7 Å². The Labute approximate surface area is 182 Å². The Morgan fingerprint density at radius 3 is 2.91 bits per heavy atom. The van der Waals surface area contributed by atoms with Crippen LogP contribution in [0.25, 0.3) is 5.52 Å². The number of nitrogens with zero attached hydrogens (tertiary/aromatic N) is 6. The minimum absolute atomic E-state index is 0.225. The number of H-pyrrole nitrogens is 1. The fourth-order valence-corrected chi connectivity index (χ4v) is 4.40. The van der Waals surface area contributed by atoms with E-state index in [2.05, 4.69) is 26.2 Å². The molecule has 164 valence electrons. The van der Waals surface area contributed by atoms with Crippen LogP contribution in [0.15, 0.2) is 35.1 Å². The summed E-state index contributed by atoms with van der Waals surface area (Å²) in [5.41, 5.74) is 2.91. The monoisotopic (exact) mass is 435 g/mol. The Hall–Kier alpha value is -3.56. The highest BCUT2D eigenvalue weighted by Gasteiger charge is 2.39. The minimum Gasteiger partial charge on any atom is -0.413 e. The Kier molecular flexibility index (Phi) is 4.02. The van der Waals surface area contributed by atoms with Crippen molar-refractivity contribution >= 4 is 11.4 Å². The summed E-state index contributed by atoms with van der Waals surface area (Å²) in [5, 5.41) is 12.3. The zero-order valence-electron chi connectivity index (χ0n) is 17.7. The number of alkyl halides is 1. The third-order valence-electron chi connectivity index (χ3n) is 6.15. The molecule has 2 aliphatic rings. The van der Waals surface area contributed by atoms with Crippen LogP contribution >= 0.6 is 0 Å². The fourth-order valence-electron chi connectivity index (χ4n) is 4.40. The largest absolute Gasteiger partial charge is 0.413 e. The molecule has 4 aromatic rings. The second-order valence-corrected chi connectivity index (χ2v) is 8.94. The van der Waals surface area contributed by atoms with E-state index in [1.54, 1.807) is 11.2 Å². The first-order valence-corrected chi connectivity index (χ1v) is 10.7. The molecule has 1 aliphatic carbocycles. The first-order chi connectivity index (χ1) is 15.4. The zero-order chi connectivity index (χ0) is 22.0. The summed E-state index contributed by atoms with van der Waals surface area (Å²) in [6.45, 7) is 3.03. The third-order valence-corrected chi connectivity index (χ3v) is 6.15. The van der Waals surface area contributed by atoms with Gasteiger partial charge in [-0.2, -0.15) is 5.10 Å². The molecule has 1 amide bonds. The Bertz CT molecular complexity index is 1330. The van der Waals surface area contributed by atoms with Crippen LogP contribution in [0.5, 0.6) is 0 Å². The van der Waals surface area contributed by atoms with Crippen molar-refractivity contribution in [1.29, 1.82) is 0 Å². The van der Waals surface area contributed by atoms with Gasteiger partial charge in [0.15, 0.2) is 5.67 Å². The van der Waals surface area contributed by atoms with E-state index in [9.17, 15) is 9.18 Å². The summed E-state index contributed by atoms with van der Waals surface area (Å²) in [7, 11) is 0. The smallest absolute Gasteiger partial charge is 0.312 e. The summed E-state index contributed by atoms with van der Waals surface area (Å²) >= 11 is 0. The van der Waals surface area contributed by atoms with Crippen LogP contribution in [0.1, 0.15) is 77.9 Å². The van der Waals surface area contributed by atoms with E-state index in [1.807, 2.05) is 22.8 Å². The predicted octanol–water partition coefficient (Wildman–Crippen LogP) is 3.31. The number of imidazole rings is 1. The van der Waals surface area contributed by atoms with Crippen LogP contribution in [0.2, 0.25) is 0 Å². The first-order valence-electron chi connectivity index (χ1n) is 10.7. The number of carbonyl (C=O) groups is 1. The van der Waals surface area contributed by atoms with E-state index >= 15 is 0 Å². The van der Waals surface area contributed by atoms with E-state index in [1.165, 1.54) is 32.3 Å². The molecule has 1 aliphatic heterocycles. The van der Waals surface area contributed by atoms with Gasteiger partial charge in [0.2, 0.25) is 0 Å². The van der Waals surface area contributed by atoms with Gasteiger partial charge in [0.25, 0.3) is 5.89 Å². The van der Waals surface area contributed by atoms with Gasteiger partial charge in [0.05, 0.1) is 23.2 Å². The molecule has 5 heterocycles. The van der Waals surface area contributed by atoms with Gasteiger partial charge >= 0.3 is 11.8 Å². The van der Waals surface area contributed by atoms with Gasteiger partial charge in [0.1, 0.15) is 6.04 Å². The third kappa shape index (κ3) is 3.01. The molecule has 0 aromatic carbocycles. The number of pyridine rings is 1. The second kappa shape index (κ2) is 6.72. The number of amides is 1. The Balaban J connectivity index is 1.43. The number of rotatable bonds is 4. The summed E-state index contributed by atoms with van der Waals surface area (Å²) in [4.78, 5) is 22.7. The molecule has 4 aromatic heterocycles. The molecule has 6 rings (SSSR count). The van der Waals surface area contributed by atoms with Crippen molar-refractivity contribution in [3.8, 4) is 0 Å². The highest BCUT2D eigenvalue weighted by atomic mass is 19.1. The van der Waals surface area contributed by atoms with Gasteiger partial charge in [-0.25, -0.2) is 13.9 Å². The van der Waals surface area contributed by atoms with Crippen LogP contribution in [0.4, 0.5) is 4.39 Å². The van der Waals surface area contributed by atoms with Gasteiger partial charge in [-0.05, 0) is 50.3 Å². The second-order valence-electron chi connectivity index (χ2n) is 8.94. The van der Waals surface area contributed by atoms with E-state index in [0.29, 0.717) is 24.6 Å². The molecule has 0 bridgehead atoms. The van der Waals surface area contributed by atoms with Gasteiger partial charge in [-0.15, -0.1) is 10.2 Å². The van der Waals surface area contributed by atoms with Crippen molar-refractivity contribution in [2.24, 2.45) is 0 Å². The normalized spacial score (nSPS) is 18.8. The van der Waals surface area contributed by atoms with Crippen LogP contribution in [-0.2, 0) is 12.1 Å². The van der Waals surface area contributed by atoms with Gasteiger partial charge < -0.3 is 14.3 Å². The zero-order valence-corrected chi connectivity index (χ0v) is 17.7. The van der Waals surface area contributed by atoms with Gasteiger partial charge in [-0.3, -0.25) is 4.79 Å². The van der Waals surface area contributed by atoms with Crippen LogP contribution in [-0.4, -0.2) is 47.1 Å². The van der Waals surface area contributed by atoms with Crippen molar-refractivity contribution in [3.63, 3.8) is 0 Å². The molecule has 0 radical (unpaired) electrons. The van der Waals surface area contributed by atoms with E-state index in [-0.39, 0.29) is 11.8 Å². The number of aromatic nitrogens is 6. The molecule has 1 fully saturated rings. The number of halogens is 1. The van der Waals surface area contributed by atoms with Crippen molar-refractivity contribution in [3.05, 3.63) is 65.1 Å². The number of hydrogen-bond acceptors (Lipinski definition) is 6. The predicted molar refractivity (Wildman–Crippen MR) is 111 cm³/mol. The summed E-state index contributed by atoms with van der Waals surface area (Å²) < 4.78 is 21.5. The van der Waals surface area contributed by atoms with Crippen molar-refractivity contribution < 1.29 is 13.6 Å². The molecule has 10 heteroatoms. The van der Waals surface area contributed by atoms with Crippen molar-refractivity contribution in [2.75, 3.05) is 6.54 Å².